The highest BCUT2D eigenvalue weighted by atomic mass is 16.1. The van der Waals surface area contributed by atoms with Crippen LogP contribution in [0.3, 0.4) is 0 Å². The Morgan fingerprint density at radius 1 is 1.13 bits per heavy atom. The summed E-state index contributed by atoms with van der Waals surface area (Å²) < 4.78 is 0. The predicted molar refractivity (Wildman–Crippen MR) is 64.0 cm³/mol. The summed E-state index contributed by atoms with van der Waals surface area (Å²) in [6.45, 7) is 6.62. The first-order valence-corrected chi connectivity index (χ1v) is 5.69. The molecule has 1 atom stereocenters. The second-order valence-corrected chi connectivity index (χ2v) is 4.55. The van der Waals surface area contributed by atoms with Gasteiger partial charge in [-0.15, -0.1) is 0 Å². The molecule has 0 aliphatic carbocycles. The molecule has 1 unspecified atom stereocenters. The zero-order valence-electron chi connectivity index (χ0n) is 9.86. The van der Waals surface area contributed by atoms with E-state index in [2.05, 4.69) is 20.8 Å². The molecule has 1 heteroatoms. The predicted octanol–water partition coefficient (Wildman–Crippen LogP) is 3.94. The van der Waals surface area contributed by atoms with Crippen molar-refractivity contribution in [1.29, 1.82) is 0 Å². The molecular weight excluding hydrogens is 184 g/mol. The van der Waals surface area contributed by atoms with Crippen molar-refractivity contribution < 1.29 is 4.79 Å². The monoisotopic (exact) mass is 204 g/mol. The van der Waals surface area contributed by atoms with E-state index in [0.29, 0.717) is 18.3 Å². The maximum absolute atomic E-state index is 11.8. The van der Waals surface area contributed by atoms with Gasteiger partial charge in [0.2, 0.25) is 0 Å². The van der Waals surface area contributed by atoms with Crippen molar-refractivity contribution in [2.45, 2.75) is 33.6 Å². The van der Waals surface area contributed by atoms with Crippen molar-refractivity contribution in [2.75, 3.05) is 0 Å². The van der Waals surface area contributed by atoms with E-state index in [-0.39, 0.29) is 5.78 Å². The van der Waals surface area contributed by atoms with Gasteiger partial charge in [-0.05, 0) is 18.3 Å². The van der Waals surface area contributed by atoms with E-state index < -0.39 is 0 Å². The fourth-order valence-corrected chi connectivity index (χ4v) is 1.46. The van der Waals surface area contributed by atoms with E-state index in [0.717, 1.165) is 12.0 Å². The van der Waals surface area contributed by atoms with Gasteiger partial charge in [0, 0.05) is 12.0 Å². The molecule has 0 saturated carbocycles. The molecule has 0 N–H and O–H groups in total. The van der Waals surface area contributed by atoms with Crippen molar-refractivity contribution >= 4 is 5.78 Å². The van der Waals surface area contributed by atoms with Crippen LogP contribution in [0.25, 0.3) is 0 Å². The third-order valence-electron chi connectivity index (χ3n) is 3.06. The summed E-state index contributed by atoms with van der Waals surface area (Å²) in [6, 6.07) is 9.55. The standard InChI is InChI=1S/C14H20O/c1-11(2)12(3)9-10-14(15)13-7-5-4-6-8-13/h4-8,11-12H,9-10H2,1-3H3. The average Bonchev–Trinajstić information content (AvgIpc) is 2.26. The van der Waals surface area contributed by atoms with Crippen LogP contribution in [0.1, 0.15) is 44.0 Å². The number of benzene rings is 1. The molecule has 1 nitrogen and oxygen atoms in total. The Kier molecular flexibility index (Phi) is 4.54. The second-order valence-electron chi connectivity index (χ2n) is 4.55. The molecule has 0 spiro atoms. The van der Waals surface area contributed by atoms with E-state index in [9.17, 15) is 4.79 Å². The minimum Gasteiger partial charge on any atom is -0.294 e. The largest absolute Gasteiger partial charge is 0.294 e. The third kappa shape index (κ3) is 3.86. The van der Waals surface area contributed by atoms with E-state index in [4.69, 9.17) is 0 Å². The summed E-state index contributed by atoms with van der Waals surface area (Å²) in [5, 5.41) is 0. The number of hydrogen-bond donors (Lipinski definition) is 0. The molecule has 0 aromatic heterocycles. The first-order valence-electron chi connectivity index (χ1n) is 5.69. The Morgan fingerprint density at radius 2 is 1.73 bits per heavy atom. The number of carbonyl (C=O) groups is 1. The molecule has 1 rings (SSSR count). The van der Waals surface area contributed by atoms with E-state index in [1.54, 1.807) is 0 Å². The van der Waals surface area contributed by atoms with E-state index in [1.807, 2.05) is 30.3 Å². The highest BCUT2D eigenvalue weighted by Crippen LogP contribution is 2.17. The lowest BCUT2D eigenvalue weighted by molar-refractivity contribution is 0.0971. The molecule has 0 aliphatic heterocycles. The van der Waals surface area contributed by atoms with Crippen LogP contribution in [-0.2, 0) is 0 Å². The van der Waals surface area contributed by atoms with Gasteiger partial charge in [-0.25, -0.2) is 0 Å². The maximum Gasteiger partial charge on any atom is 0.162 e. The highest BCUT2D eigenvalue weighted by Gasteiger charge is 2.10. The summed E-state index contributed by atoms with van der Waals surface area (Å²) >= 11 is 0. The molecule has 1 aromatic carbocycles. The quantitative estimate of drug-likeness (QED) is 0.664. The Bertz CT molecular complexity index is 300. The number of Topliss-reactive ketones (excluding diaryl/α,β-unsaturated/α-hetero) is 1. The molecule has 1 aromatic rings. The fraction of sp³-hybridized carbons (Fsp3) is 0.500. The van der Waals surface area contributed by atoms with Crippen molar-refractivity contribution in [3.8, 4) is 0 Å². The topological polar surface area (TPSA) is 17.1 Å². The molecule has 82 valence electrons. The Labute approximate surface area is 92.5 Å². The number of hydrogen-bond acceptors (Lipinski definition) is 1. The van der Waals surface area contributed by atoms with Crippen molar-refractivity contribution in [3.05, 3.63) is 35.9 Å². The van der Waals surface area contributed by atoms with Gasteiger partial charge in [0.05, 0.1) is 0 Å². The number of ketones is 1. The van der Waals surface area contributed by atoms with Gasteiger partial charge in [-0.2, -0.15) is 0 Å². The third-order valence-corrected chi connectivity index (χ3v) is 3.06. The van der Waals surface area contributed by atoms with Crippen molar-refractivity contribution in [2.24, 2.45) is 11.8 Å². The molecular formula is C14H20O. The average molecular weight is 204 g/mol. The van der Waals surface area contributed by atoms with Crippen LogP contribution < -0.4 is 0 Å². The lowest BCUT2D eigenvalue weighted by Crippen LogP contribution is -2.07. The van der Waals surface area contributed by atoms with Crippen molar-refractivity contribution in [3.63, 3.8) is 0 Å². The van der Waals surface area contributed by atoms with Gasteiger partial charge in [0.1, 0.15) is 0 Å². The Morgan fingerprint density at radius 3 is 2.27 bits per heavy atom. The molecule has 0 saturated heterocycles. The van der Waals surface area contributed by atoms with Crippen LogP contribution in [0, 0.1) is 11.8 Å². The lowest BCUT2D eigenvalue weighted by atomic mass is 9.91. The van der Waals surface area contributed by atoms with Crippen molar-refractivity contribution in [1.82, 2.24) is 0 Å². The summed E-state index contributed by atoms with van der Waals surface area (Å²) in [7, 11) is 0. The zero-order valence-corrected chi connectivity index (χ0v) is 9.86. The SMILES string of the molecule is CC(C)C(C)CCC(=O)c1ccccc1. The van der Waals surface area contributed by atoms with Crippen LogP contribution in [-0.4, -0.2) is 5.78 Å². The minimum atomic E-state index is 0.267. The first-order chi connectivity index (χ1) is 7.11. The minimum absolute atomic E-state index is 0.267. The van der Waals surface area contributed by atoms with E-state index in [1.165, 1.54) is 0 Å². The smallest absolute Gasteiger partial charge is 0.162 e. The Hall–Kier alpha value is -1.11. The summed E-state index contributed by atoms with van der Waals surface area (Å²) in [4.78, 5) is 11.8. The van der Waals surface area contributed by atoms with Gasteiger partial charge in [-0.3, -0.25) is 4.79 Å². The van der Waals surface area contributed by atoms with Crippen LogP contribution in [0.2, 0.25) is 0 Å². The molecule has 0 aliphatic rings. The van der Waals surface area contributed by atoms with Crippen LogP contribution in [0.5, 0.6) is 0 Å². The molecule has 0 radical (unpaired) electrons. The van der Waals surface area contributed by atoms with Gasteiger partial charge in [0.15, 0.2) is 5.78 Å². The lowest BCUT2D eigenvalue weighted by Gasteiger charge is -2.14. The molecule has 0 heterocycles. The van der Waals surface area contributed by atoms with Gasteiger partial charge >= 0.3 is 0 Å². The summed E-state index contributed by atoms with van der Waals surface area (Å²) in [5.74, 6) is 1.55. The summed E-state index contributed by atoms with van der Waals surface area (Å²) in [5.41, 5.74) is 0.841. The number of rotatable bonds is 5. The molecule has 0 fully saturated rings. The Balaban J connectivity index is 2.44. The van der Waals surface area contributed by atoms with Gasteiger partial charge in [-0.1, -0.05) is 51.1 Å². The zero-order chi connectivity index (χ0) is 11.3. The molecule has 0 bridgehead atoms. The maximum atomic E-state index is 11.8. The normalized spacial score (nSPS) is 12.8. The van der Waals surface area contributed by atoms with Crippen LogP contribution >= 0.6 is 0 Å². The molecule has 0 amide bonds. The first kappa shape index (κ1) is 12.0. The van der Waals surface area contributed by atoms with Gasteiger partial charge in [0.25, 0.3) is 0 Å². The summed E-state index contributed by atoms with van der Waals surface area (Å²) in [6.07, 6.45) is 1.66. The second kappa shape index (κ2) is 5.69. The fourth-order valence-electron chi connectivity index (χ4n) is 1.46. The van der Waals surface area contributed by atoms with Crippen LogP contribution in [0.4, 0.5) is 0 Å². The molecule has 15 heavy (non-hydrogen) atoms. The van der Waals surface area contributed by atoms with Gasteiger partial charge < -0.3 is 0 Å². The van der Waals surface area contributed by atoms with E-state index >= 15 is 0 Å². The van der Waals surface area contributed by atoms with Crippen LogP contribution in [0.15, 0.2) is 30.3 Å². The number of carbonyl (C=O) groups excluding carboxylic acids is 1. The highest BCUT2D eigenvalue weighted by molar-refractivity contribution is 5.95.